The van der Waals surface area contributed by atoms with Gasteiger partial charge in [-0.05, 0) is 18.4 Å². The Morgan fingerprint density at radius 1 is 1.36 bits per heavy atom. The Balaban J connectivity index is 1.74. The first-order valence-corrected chi connectivity index (χ1v) is 4.18. The predicted molar refractivity (Wildman–Crippen MR) is 42.1 cm³/mol. The van der Waals surface area contributed by atoms with E-state index in [0.29, 0.717) is 0 Å². The van der Waals surface area contributed by atoms with E-state index >= 15 is 0 Å². The van der Waals surface area contributed by atoms with Crippen LogP contribution >= 0.6 is 0 Å². The smallest absolute Gasteiger partial charge is 0.0628 e. The second kappa shape index (κ2) is 2.72. The Labute approximate surface area is 65.8 Å². The van der Waals surface area contributed by atoms with Crippen molar-refractivity contribution in [2.75, 3.05) is 13.1 Å². The van der Waals surface area contributed by atoms with Crippen LogP contribution < -0.4 is 0 Å². The molecule has 0 unspecified atom stereocenters. The summed E-state index contributed by atoms with van der Waals surface area (Å²) in [4.78, 5) is 5.21. The summed E-state index contributed by atoms with van der Waals surface area (Å²) in [5.74, 6) is 0. The molecule has 4 heteroatoms. The lowest BCUT2D eigenvalue weighted by Crippen LogP contribution is -2.56. The highest BCUT2D eigenvalue weighted by atomic mass is 15.3. The quantitative estimate of drug-likeness (QED) is 0.336. The van der Waals surface area contributed by atoms with Gasteiger partial charge in [-0.3, -0.25) is 4.90 Å². The van der Waals surface area contributed by atoms with Gasteiger partial charge in [0.25, 0.3) is 0 Å². The number of rotatable bonds is 2. The Kier molecular flexibility index (Phi) is 1.72. The zero-order chi connectivity index (χ0) is 7.68. The number of hydrogen-bond donors (Lipinski definition) is 0. The van der Waals surface area contributed by atoms with Crippen molar-refractivity contribution in [1.82, 2.24) is 4.90 Å². The molecule has 1 saturated carbocycles. The summed E-state index contributed by atoms with van der Waals surface area (Å²) in [6.07, 6.45) is 4.08. The fraction of sp³-hybridized carbons (Fsp3) is 1.00. The molecule has 2 fully saturated rings. The van der Waals surface area contributed by atoms with Crippen LogP contribution in [0, 0.1) is 0 Å². The van der Waals surface area contributed by atoms with Crippen molar-refractivity contribution in [1.29, 1.82) is 0 Å². The summed E-state index contributed by atoms with van der Waals surface area (Å²) < 4.78 is 0. The van der Waals surface area contributed by atoms with Crippen LogP contribution in [0.15, 0.2) is 5.11 Å². The van der Waals surface area contributed by atoms with Crippen molar-refractivity contribution in [3.8, 4) is 0 Å². The van der Waals surface area contributed by atoms with Gasteiger partial charge in [-0.1, -0.05) is 11.5 Å². The third-order valence-corrected chi connectivity index (χ3v) is 2.70. The molecule has 0 atom stereocenters. The summed E-state index contributed by atoms with van der Waals surface area (Å²) in [7, 11) is 0. The third kappa shape index (κ3) is 1.19. The van der Waals surface area contributed by atoms with E-state index in [1.54, 1.807) is 0 Å². The SMILES string of the molecule is [N-]=[N+]=NC1CN(C2CCC2)C1. The number of nitrogens with zero attached hydrogens (tertiary/aromatic N) is 4. The zero-order valence-electron chi connectivity index (χ0n) is 6.48. The van der Waals surface area contributed by atoms with Crippen LogP contribution in [-0.4, -0.2) is 30.1 Å². The first kappa shape index (κ1) is 6.95. The lowest BCUT2D eigenvalue weighted by molar-refractivity contribution is 0.0502. The van der Waals surface area contributed by atoms with Crippen molar-refractivity contribution in [2.24, 2.45) is 5.11 Å². The molecule has 4 nitrogen and oxygen atoms in total. The molecule has 1 heterocycles. The molecule has 0 N–H and O–H groups in total. The van der Waals surface area contributed by atoms with E-state index in [1.165, 1.54) is 19.3 Å². The molecule has 0 aromatic carbocycles. The molecule has 0 amide bonds. The Bertz CT molecular complexity index is 187. The van der Waals surface area contributed by atoms with Gasteiger partial charge < -0.3 is 0 Å². The molecular weight excluding hydrogens is 140 g/mol. The molecule has 1 aliphatic heterocycles. The first-order valence-electron chi connectivity index (χ1n) is 4.18. The molecule has 1 saturated heterocycles. The second-order valence-corrected chi connectivity index (χ2v) is 3.40. The topological polar surface area (TPSA) is 52.0 Å². The summed E-state index contributed by atoms with van der Waals surface area (Å²) in [5, 5.41) is 3.66. The summed E-state index contributed by atoms with van der Waals surface area (Å²) in [6, 6.07) is 1.08. The third-order valence-electron chi connectivity index (χ3n) is 2.70. The van der Waals surface area contributed by atoms with Gasteiger partial charge >= 0.3 is 0 Å². The van der Waals surface area contributed by atoms with E-state index < -0.39 is 0 Å². The highest BCUT2D eigenvalue weighted by molar-refractivity contribution is 4.93. The van der Waals surface area contributed by atoms with Crippen molar-refractivity contribution < 1.29 is 0 Å². The summed E-state index contributed by atoms with van der Waals surface area (Å²) in [5.41, 5.74) is 8.14. The van der Waals surface area contributed by atoms with Gasteiger partial charge in [0, 0.05) is 24.0 Å². The minimum atomic E-state index is 0.264. The average Bonchev–Trinajstić information content (AvgIpc) is 1.79. The maximum absolute atomic E-state index is 8.14. The maximum atomic E-state index is 8.14. The number of hydrogen-bond acceptors (Lipinski definition) is 2. The maximum Gasteiger partial charge on any atom is 0.0628 e. The molecular formula is C7H12N4. The van der Waals surface area contributed by atoms with E-state index in [9.17, 15) is 0 Å². The molecule has 1 aliphatic carbocycles. The van der Waals surface area contributed by atoms with E-state index in [4.69, 9.17) is 5.53 Å². The van der Waals surface area contributed by atoms with Crippen LogP contribution in [0.5, 0.6) is 0 Å². The largest absolute Gasteiger partial charge is 0.299 e. The van der Waals surface area contributed by atoms with Crippen LogP contribution in [0.1, 0.15) is 19.3 Å². The highest BCUT2D eigenvalue weighted by Gasteiger charge is 2.34. The predicted octanol–water partition coefficient (Wildman–Crippen LogP) is 1.53. The lowest BCUT2D eigenvalue weighted by atomic mass is 9.88. The summed E-state index contributed by atoms with van der Waals surface area (Å²) >= 11 is 0. The minimum Gasteiger partial charge on any atom is -0.299 e. The van der Waals surface area contributed by atoms with Gasteiger partial charge in [0.15, 0.2) is 0 Å². The van der Waals surface area contributed by atoms with Gasteiger partial charge in [0.05, 0.1) is 6.04 Å². The van der Waals surface area contributed by atoms with E-state index in [0.717, 1.165) is 19.1 Å². The van der Waals surface area contributed by atoms with Crippen LogP contribution in [0.25, 0.3) is 10.4 Å². The lowest BCUT2D eigenvalue weighted by Gasteiger charge is -2.46. The van der Waals surface area contributed by atoms with Crippen LogP contribution in [0.3, 0.4) is 0 Å². The monoisotopic (exact) mass is 152 g/mol. The van der Waals surface area contributed by atoms with E-state index in [1.807, 2.05) is 0 Å². The van der Waals surface area contributed by atoms with Gasteiger partial charge in [-0.25, -0.2) is 0 Å². The number of likely N-dealkylation sites (tertiary alicyclic amines) is 1. The molecule has 11 heavy (non-hydrogen) atoms. The first-order chi connectivity index (χ1) is 5.40. The van der Waals surface area contributed by atoms with Crippen LogP contribution in [0.2, 0.25) is 0 Å². The van der Waals surface area contributed by atoms with Gasteiger partial charge in [0.2, 0.25) is 0 Å². The van der Waals surface area contributed by atoms with Crippen molar-refractivity contribution in [3.05, 3.63) is 10.4 Å². The molecule has 60 valence electrons. The minimum absolute atomic E-state index is 0.264. The van der Waals surface area contributed by atoms with Crippen molar-refractivity contribution in [3.63, 3.8) is 0 Å². The fourth-order valence-electron chi connectivity index (χ4n) is 1.68. The Hall–Kier alpha value is -0.730. The summed E-state index contributed by atoms with van der Waals surface area (Å²) in [6.45, 7) is 1.99. The molecule has 0 spiro atoms. The Morgan fingerprint density at radius 3 is 2.55 bits per heavy atom. The van der Waals surface area contributed by atoms with E-state index in [2.05, 4.69) is 14.9 Å². The zero-order valence-corrected chi connectivity index (χ0v) is 6.48. The number of azide groups is 1. The van der Waals surface area contributed by atoms with Crippen molar-refractivity contribution >= 4 is 0 Å². The molecule has 2 rings (SSSR count). The highest BCUT2D eigenvalue weighted by Crippen LogP contribution is 2.29. The molecule has 2 aliphatic rings. The van der Waals surface area contributed by atoms with Gasteiger partial charge in [0.1, 0.15) is 0 Å². The van der Waals surface area contributed by atoms with E-state index in [-0.39, 0.29) is 6.04 Å². The van der Waals surface area contributed by atoms with Gasteiger partial charge in [-0.2, -0.15) is 0 Å². The normalized spacial score (nSPS) is 26.9. The van der Waals surface area contributed by atoms with Gasteiger partial charge in [-0.15, -0.1) is 0 Å². The van der Waals surface area contributed by atoms with Crippen LogP contribution in [-0.2, 0) is 0 Å². The molecule has 0 aromatic heterocycles. The Morgan fingerprint density at radius 2 is 2.09 bits per heavy atom. The fourth-order valence-corrected chi connectivity index (χ4v) is 1.68. The van der Waals surface area contributed by atoms with Crippen molar-refractivity contribution in [2.45, 2.75) is 31.3 Å². The molecule has 0 aromatic rings. The second-order valence-electron chi connectivity index (χ2n) is 3.40. The standard InChI is InChI=1S/C7H12N4/c8-10-9-6-4-11(5-6)7-2-1-3-7/h6-7H,1-5H2. The molecule has 0 radical (unpaired) electrons. The molecule has 0 bridgehead atoms. The average molecular weight is 152 g/mol. The van der Waals surface area contributed by atoms with Crippen LogP contribution in [0.4, 0.5) is 0 Å².